The van der Waals surface area contributed by atoms with E-state index in [1.165, 1.54) is 24.3 Å². The van der Waals surface area contributed by atoms with E-state index in [2.05, 4.69) is 0 Å². The molecule has 0 amide bonds. The fraction of sp³-hybridized carbons (Fsp3) is 0.258. The minimum Gasteiger partial charge on any atom is -0.352 e. The van der Waals surface area contributed by atoms with Gasteiger partial charge in [-0.25, -0.2) is 8.78 Å². The summed E-state index contributed by atoms with van der Waals surface area (Å²) >= 11 is 0. The van der Waals surface area contributed by atoms with E-state index in [-0.39, 0.29) is 17.3 Å². The summed E-state index contributed by atoms with van der Waals surface area (Å²) in [4.78, 5) is 44.9. The van der Waals surface area contributed by atoms with E-state index in [4.69, 9.17) is 0 Å². The highest BCUT2D eigenvalue weighted by Crippen LogP contribution is 2.61. The number of carbonyl (C=O) groups excluding carboxylic acids is 3. The number of rotatable bonds is 2. The average Bonchev–Trinajstić information content (AvgIpc) is 3.29. The standard InChI is InChI=1S/C31H25F2NO3/c1-30(2,3)29(37)26-25(17-8-11-19(32)12-9-17)31(27(35)21-6-4-5-7-22(21)28(31)36)24-15-10-18-16-20(33)13-14-23(18)34(24)26/h4-16,24-26H,1-3H3/t24-,25-,26+/m0/s1. The molecule has 1 fully saturated rings. The Morgan fingerprint density at radius 1 is 0.865 bits per heavy atom. The maximum Gasteiger partial charge on any atom is 0.180 e. The maximum absolute atomic E-state index is 14.4. The molecule has 3 aromatic rings. The van der Waals surface area contributed by atoms with Crippen molar-refractivity contribution in [3.05, 3.63) is 107 Å². The fourth-order valence-corrected chi connectivity index (χ4v) is 6.43. The third-order valence-corrected chi connectivity index (χ3v) is 8.00. The van der Waals surface area contributed by atoms with E-state index < -0.39 is 40.5 Å². The van der Waals surface area contributed by atoms with E-state index in [0.29, 0.717) is 27.9 Å². The van der Waals surface area contributed by atoms with Crippen molar-refractivity contribution in [2.75, 3.05) is 4.90 Å². The van der Waals surface area contributed by atoms with Gasteiger partial charge in [-0.15, -0.1) is 0 Å². The summed E-state index contributed by atoms with van der Waals surface area (Å²) in [6, 6.07) is 15.0. The lowest BCUT2D eigenvalue weighted by Gasteiger charge is -2.38. The quantitative estimate of drug-likeness (QED) is 0.407. The van der Waals surface area contributed by atoms with Crippen LogP contribution in [0.25, 0.3) is 6.08 Å². The van der Waals surface area contributed by atoms with Crippen LogP contribution >= 0.6 is 0 Å². The van der Waals surface area contributed by atoms with Crippen molar-refractivity contribution in [3.63, 3.8) is 0 Å². The number of carbonyl (C=O) groups is 3. The average molecular weight is 498 g/mol. The first-order valence-electron chi connectivity index (χ1n) is 12.3. The largest absolute Gasteiger partial charge is 0.352 e. The number of anilines is 1. The third-order valence-electron chi connectivity index (χ3n) is 8.00. The minimum absolute atomic E-state index is 0.161. The van der Waals surface area contributed by atoms with Gasteiger partial charge in [0.15, 0.2) is 17.3 Å². The highest BCUT2D eigenvalue weighted by molar-refractivity contribution is 6.32. The van der Waals surface area contributed by atoms with E-state index in [1.54, 1.807) is 75.4 Å². The SMILES string of the molecule is CC(C)(C)C(=O)[C@H]1[C@H](c2ccc(F)cc2)C2(C(=O)c3ccccc3C2=O)[C@@H]2C=Cc3cc(F)ccc3N21. The molecule has 0 radical (unpaired) electrons. The van der Waals surface area contributed by atoms with Crippen LogP contribution in [0.5, 0.6) is 0 Å². The summed E-state index contributed by atoms with van der Waals surface area (Å²) in [5.41, 5.74) is -0.146. The van der Waals surface area contributed by atoms with Gasteiger partial charge in [-0.05, 0) is 35.9 Å². The zero-order chi connectivity index (χ0) is 26.3. The van der Waals surface area contributed by atoms with Gasteiger partial charge in [0.1, 0.15) is 17.0 Å². The van der Waals surface area contributed by atoms with Gasteiger partial charge in [-0.2, -0.15) is 0 Å². The van der Waals surface area contributed by atoms with Crippen LogP contribution in [0, 0.1) is 22.5 Å². The Morgan fingerprint density at radius 2 is 1.46 bits per heavy atom. The third kappa shape index (κ3) is 3.08. The van der Waals surface area contributed by atoms with Crippen molar-refractivity contribution in [1.82, 2.24) is 0 Å². The predicted octanol–water partition coefficient (Wildman–Crippen LogP) is 6.01. The molecule has 1 saturated heterocycles. The lowest BCUT2D eigenvalue weighted by molar-refractivity contribution is -0.127. The highest BCUT2D eigenvalue weighted by Gasteiger charge is 2.71. The van der Waals surface area contributed by atoms with Crippen LogP contribution in [-0.2, 0) is 4.79 Å². The van der Waals surface area contributed by atoms with Gasteiger partial charge in [-0.3, -0.25) is 14.4 Å². The summed E-state index contributed by atoms with van der Waals surface area (Å²) in [7, 11) is 0. The minimum atomic E-state index is -1.64. The zero-order valence-corrected chi connectivity index (χ0v) is 20.7. The number of hydrogen-bond donors (Lipinski definition) is 0. The van der Waals surface area contributed by atoms with Crippen LogP contribution in [0.3, 0.4) is 0 Å². The molecular weight excluding hydrogens is 472 g/mol. The van der Waals surface area contributed by atoms with E-state index >= 15 is 0 Å². The Hall–Kier alpha value is -3.93. The molecular formula is C31H25F2NO3. The number of nitrogens with zero attached hydrogens (tertiary/aromatic N) is 1. The van der Waals surface area contributed by atoms with Crippen molar-refractivity contribution < 1.29 is 23.2 Å². The first-order chi connectivity index (χ1) is 17.6. The molecule has 3 atom stereocenters. The molecule has 6 heteroatoms. The molecule has 2 heterocycles. The molecule has 3 aliphatic rings. The van der Waals surface area contributed by atoms with Crippen LogP contribution in [0.4, 0.5) is 14.5 Å². The second-order valence-electron chi connectivity index (χ2n) is 11.1. The number of benzene rings is 3. The summed E-state index contributed by atoms with van der Waals surface area (Å²) in [5, 5.41) is 0. The highest BCUT2D eigenvalue weighted by atomic mass is 19.1. The molecule has 0 saturated carbocycles. The Balaban J connectivity index is 1.70. The van der Waals surface area contributed by atoms with Gasteiger partial charge in [0.2, 0.25) is 0 Å². The molecule has 37 heavy (non-hydrogen) atoms. The summed E-state index contributed by atoms with van der Waals surface area (Å²) < 4.78 is 28.2. The number of Topliss-reactive ketones (excluding diaryl/α,β-unsaturated/α-hetero) is 3. The van der Waals surface area contributed by atoms with E-state index in [9.17, 15) is 23.2 Å². The van der Waals surface area contributed by atoms with Crippen molar-refractivity contribution in [2.45, 2.75) is 38.8 Å². The van der Waals surface area contributed by atoms with Crippen LogP contribution in [0.1, 0.15) is 58.5 Å². The molecule has 0 N–H and O–H groups in total. The summed E-state index contributed by atoms with van der Waals surface area (Å²) in [6.45, 7) is 5.40. The van der Waals surface area contributed by atoms with Gasteiger partial charge in [0, 0.05) is 33.7 Å². The second kappa shape index (κ2) is 7.78. The summed E-state index contributed by atoms with van der Waals surface area (Å²) in [5.74, 6) is -2.64. The molecule has 186 valence electrons. The number of hydrogen-bond acceptors (Lipinski definition) is 4. The Bertz CT molecular complexity index is 1480. The Labute approximate surface area is 213 Å². The number of halogens is 2. The normalized spacial score (nSPS) is 23.3. The molecule has 2 aliphatic heterocycles. The van der Waals surface area contributed by atoms with Crippen LogP contribution < -0.4 is 4.90 Å². The van der Waals surface area contributed by atoms with Gasteiger partial charge in [-0.1, -0.05) is 69.3 Å². The van der Waals surface area contributed by atoms with Crippen LogP contribution in [-0.4, -0.2) is 29.4 Å². The van der Waals surface area contributed by atoms with E-state index in [1.807, 2.05) is 4.90 Å². The van der Waals surface area contributed by atoms with Crippen molar-refractivity contribution in [3.8, 4) is 0 Å². The molecule has 0 unspecified atom stereocenters. The molecule has 0 aromatic heterocycles. The number of fused-ring (bicyclic) bond motifs is 5. The van der Waals surface area contributed by atoms with E-state index in [0.717, 1.165) is 0 Å². The van der Waals surface area contributed by atoms with Crippen molar-refractivity contribution in [1.29, 1.82) is 0 Å². The molecule has 1 spiro atoms. The molecule has 3 aromatic carbocycles. The second-order valence-corrected chi connectivity index (χ2v) is 11.1. The molecule has 1 aliphatic carbocycles. The molecule has 0 bridgehead atoms. The lowest BCUT2D eigenvalue weighted by atomic mass is 9.63. The number of ketones is 3. The van der Waals surface area contributed by atoms with Crippen LogP contribution in [0.15, 0.2) is 72.8 Å². The monoisotopic (exact) mass is 497 g/mol. The Morgan fingerprint density at radius 3 is 2.05 bits per heavy atom. The van der Waals surface area contributed by atoms with Crippen molar-refractivity contribution >= 4 is 29.1 Å². The zero-order valence-electron chi connectivity index (χ0n) is 20.7. The molecule has 4 nitrogen and oxygen atoms in total. The fourth-order valence-electron chi connectivity index (χ4n) is 6.43. The first kappa shape index (κ1) is 23.5. The topological polar surface area (TPSA) is 54.5 Å². The smallest absolute Gasteiger partial charge is 0.180 e. The van der Waals surface area contributed by atoms with Crippen molar-refractivity contribution in [2.24, 2.45) is 10.8 Å². The molecule has 6 rings (SSSR count). The lowest BCUT2D eigenvalue weighted by Crippen LogP contribution is -2.49. The Kier molecular flexibility index (Phi) is 4.94. The first-order valence-corrected chi connectivity index (χ1v) is 12.3. The summed E-state index contributed by atoms with van der Waals surface area (Å²) in [6.07, 6.45) is 3.46. The van der Waals surface area contributed by atoms with Gasteiger partial charge in [0.25, 0.3) is 0 Å². The van der Waals surface area contributed by atoms with Gasteiger partial charge >= 0.3 is 0 Å². The van der Waals surface area contributed by atoms with Crippen LogP contribution in [0.2, 0.25) is 0 Å². The maximum atomic E-state index is 14.4. The van der Waals surface area contributed by atoms with Gasteiger partial charge < -0.3 is 4.90 Å². The van der Waals surface area contributed by atoms with Gasteiger partial charge in [0.05, 0.1) is 12.1 Å². The predicted molar refractivity (Wildman–Crippen MR) is 137 cm³/mol.